The summed E-state index contributed by atoms with van der Waals surface area (Å²) in [6.45, 7) is 0.980. The number of fused-ring (bicyclic) bond motifs is 1. The number of Topliss-reactive ketones (excluding diaryl/α,β-unsaturated/α-hetero) is 1. The summed E-state index contributed by atoms with van der Waals surface area (Å²) in [7, 11) is 2.04. The highest BCUT2D eigenvalue weighted by molar-refractivity contribution is 7.99. The largest absolute Gasteiger partial charge is 0.295 e. The van der Waals surface area contributed by atoms with E-state index in [9.17, 15) is 4.79 Å². The Hall–Kier alpha value is -1.39. The number of rotatable bonds is 2. The van der Waals surface area contributed by atoms with E-state index in [1.807, 2.05) is 49.3 Å². The fraction of sp³-hybridized carbons (Fsp3) is 0.333. The number of nitrogens with zero attached hydrogens (tertiary/aromatic N) is 2. The lowest BCUT2D eigenvalue weighted by Gasteiger charge is -2.31. The van der Waals surface area contributed by atoms with Crippen LogP contribution in [0, 0.1) is 0 Å². The van der Waals surface area contributed by atoms with E-state index in [2.05, 4.69) is 9.88 Å². The SMILES string of the molecule is CN1CCSCC1C(=O)c1cccc2cnccc12. The van der Waals surface area contributed by atoms with Gasteiger partial charge in [0.25, 0.3) is 0 Å². The quantitative estimate of drug-likeness (QED) is 0.786. The van der Waals surface area contributed by atoms with E-state index in [1.54, 1.807) is 6.20 Å². The molecular formula is C15H16N2OS. The first-order valence-corrected chi connectivity index (χ1v) is 7.58. The third-order valence-corrected chi connectivity index (χ3v) is 4.67. The van der Waals surface area contributed by atoms with Gasteiger partial charge in [0.1, 0.15) is 0 Å². The predicted octanol–water partition coefficient (Wildman–Crippen LogP) is 2.46. The minimum atomic E-state index is -0.00230. The molecule has 19 heavy (non-hydrogen) atoms. The van der Waals surface area contributed by atoms with E-state index in [-0.39, 0.29) is 11.8 Å². The van der Waals surface area contributed by atoms with Crippen LogP contribution in [-0.2, 0) is 0 Å². The summed E-state index contributed by atoms with van der Waals surface area (Å²) < 4.78 is 0. The lowest BCUT2D eigenvalue weighted by Crippen LogP contribution is -2.44. The Bertz CT molecular complexity index is 609. The summed E-state index contributed by atoms with van der Waals surface area (Å²) >= 11 is 1.86. The first kappa shape index (κ1) is 12.6. The Morgan fingerprint density at radius 1 is 1.42 bits per heavy atom. The van der Waals surface area contributed by atoms with Crippen LogP contribution in [0.25, 0.3) is 10.8 Å². The molecule has 0 saturated carbocycles. The van der Waals surface area contributed by atoms with Crippen LogP contribution in [0.4, 0.5) is 0 Å². The number of pyridine rings is 1. The first-order valence-electron chi connectivity index (χ1n) is 6.42. The van der Waals surface area contributed by atoms with Crippen molar-refractivity contribution in [2.45, 2.75) is 6.04 Å². The standard InChI is InChI=1S/C15H16N2OS/c1-17-7-8-19-10-14(17)15(18)13-4-2-3-11-9-16-6-5-12(11)13/h2-6,9,14H,7-8,10H2,1H3. The zero-order valence-electron chi connectivity index (χ0n) is 10.9. The molecule has 1 aromatic heterocycles. The molecule has 1 saturated heterocycles. The molecule has 2 heterocycles. The van der Waals surface area contributed by atoms with Crippen molar-refractivity contribution in [3.63, 3.8) is 0 Å². The predicted molar refractivity (Wildman–Crippen MR) is 79.8 cm³/mol. The van der Waals surface area contributed by atoms with E-state index in [0.29, 0.717) is 0 Å². The zero-order valence-corrected chi connectivity index (χ0v) is 11.7. The molecule has 1 aliphatic rings. The fourth-order valence-corrected chi connectivity index (χ4v) is 3.69. The molecule has 0 amide bonds. The van der Waals surface area contributed by atoms with Crippen molar-refractivity contribution in [3.8, 4) is 0 Å². The normalized spacial score (nSPS) is 20.6. The van der Waals surface area contributed by atoms with Crippen LogP contribution in [0.5, 0.6) is 0 Å². The number of likely N-dealkylation sites (N-methyl/N-ethyl adjacent to an activating group) is 1. The summed E-state index contributed by atoms with van der Waals surface area (Å²) in [5, 5.41) is 2.03. The van der Waals surface area contributed by atoms with Crippen molar-refractivity contribution >= 4 is 28.3 Å². The smallest absolute Gasteiger partial charge is 0.181 e. The van der Waals surface area contributed by atoms with Gasteiger partial charge in [-0.1, -0.05) is 18.2 Å². The Morgan fingerprint density at radius 3 is 3.16 bits per heavy atom. The molecule has 1 unspecified atom stereocenters. The molecule has 0 spiro atoms. The summed E-state index contributed by atoms with van der Waals surface area (Å²) in [5.74, 6) is 2.22. The highest BCUT2D eigenvalue weighted by Gasteiger charge is 2.27. The maximum Gasteiger partial charge on any atom is 0.181 e. The lowest BCUT2D eigenvalue weighted by atomic mass is 9.98. The number of thioether (sulfide) groups is 1. The molecule has 0 radical (unpaired) electrons. The topological polar surface area (TPSA) is 33.2 Å². The minimum Gasteiger partial charge on any atom is -0.295 e. The van der Waals surface area contributed by atoms with E-state index in [4.69, 9.17) is 0 Å². The maximum absolute atomic E-state index is 12.7. The molecule has 4 heteroatoms. The van der Waals surface area contributed by atoms with Crippen molar-refractivity contribution in [3.05, 3.63) is 42.2 Å². The van der Waals surface area contributed by atoms with Crippen molar-refractivity contribution in [1.82, 2.24) is 9.88 Å². The molecule has 2 aromatic rings. The average molecular weight is 272 g/mol. The molecule has 1 aliphatic heterocycles. The average Bonchev–Trinajstić information content (AvgIpc) is 2.46. The highest BCUT2D eigenvalue weighted by Crippen LogP contribution is 2.23. The van der Waals surface area contributed by atoms with Gasteiger partial charge >= 0.3 is 0 Å². The Morgan fingerprint density at radius 2 is 2.32 bits per heavy atom. The van der Waals surface area contributed by atoms with Crippen LogP contribution in [0.2, 0.25) is 0 Å². The van der Waals surface area contributed by atoms with Crippen LogP contribution in [0.15, 0.2) is 36.7 Å². The van der Waals surface area contributed by atoms with Gasteiger partial charge in [0.15, 0.2) is 5.78 Å². The minimum absolute atomic E-state index is 0.00230. The monoisotopic (exact) mass is 272 g/mol. The van der Waals surface area contributed by atoms with Gasteiger partial charge in [-0.05, 0) is 18.5 Å². The Balaban J connectivity index is 2.01. The van der Waals surface area contributed by atoms with Crippen molar-refractivity contribution in [2.24, 2.45) is 0 Å². The van der Waals surface area contributed by atoms with E-state index in [1.165, 1.54) is 0 Å². The van der Waals surface area contributed by atoms with E-state index >= 15 is 0 Å². The van der Waals surface area contributed by atoms with Gasteiger partial charge < -0.3 is 0 Å². The second kappa shape index (κ2) is 5.31. The highest BCUT2D eigenvalue weighted by atomic mass is 32.2. The number of carbonyl (C=O) groups is 1. The van der Waals surface area contributed by atoms with Gasteiger partial charge in [0.2, 0.25) is 0 Å². The number of hydrogen-bond acceptors (Lipinski definition) is 4. The van der Waals surface area contributed by atoms with Crippen LogP contribution in [-0.4, -0.2) is 46.8 Å². The maximum atomic E-state index is 12.7. The molecule has 0 aliphatic carbocycles. The van der Waals surface area contributed by atoms with Gasteiger partial charge in [-0.2, -0.15) is 11.8 Å². The molecular weight excluding hydrogens is 256 g/mol. The lowest BCUT2D eigenvalue weighted by molar-refractivity contribution is 0.0876. The third-order valence-electron chi connectivity index (χ3n) is 3.64. The molecule has 0 bridgehead atoms. The Labute approximate surface area is 117 Å². The van der Waals surface area contributed by atoms with Crippen LogP contribution in [0.3, 0.4) is 0 Å². The van der Waals surface area contributed by atoms with Crippen molar-refractivity contribution < 1.29 is 4.79 Å². The van der Waals surface area contributed by atoms with Crippen molar-refractivity contribution in [1.29, 1.82) is 0 Å². The number of aromatic nitrogens is 1. The molecule has 98 valence electrons. The first-order chi connectivity index (χ1) is 9.27. The van der Waals surface area contributed by atoms with Gasteiger partial charge in [0.05, 0.1) is 6.04 Å². The molecule has 3 rings (SSSR count). The van der Waals surface area contributed by atoms with Crippen LogP contribution < -0.4 is 0 Å². The van der Waals surface area contributed by atoms with E-state index < -0.39 is 0 Å². The summed E-state index contributed by atoms with van der Waals surface area (Å²) in [6.07, 6.45) is 3.56. The fourth-order valence-electron chi connectivity index (χ4n) is 2.48. The van der Waals surface area contributed by atoms with E-state index in [0.717, 1.165) is 34.4 Å². The van der Waals surface area contributed by atoms with Gasteiger partial charge in [-0.15, -0.1) is 0 Å². The summed E-state index contributed by atoms with van der Waals surface area (Å²) in [6, 6.07) is 7.79. The zero-order chi connectivity index (χ0) is 13.2. The van der Waals surface area contributed by atoms with Gasteiger partial charge in [-0.25, -0.2) is 0 Å². The molecule has 1 atom stereocenters. The van der Waals surface area contributed by atoms with Crippen LogP contribution >= 0.6 is 11.8 Å². The van der Waals surface area contributed by atoms with Crippen LogP contribution in [0.1, 0.15) is 10.4 Å². The number of benzene rings is 1. The van der Waals surface area contributed by atoms with Crippen molar-refractivity contribution in [2.75, 3.05) is 25.1 Å². The number of hydrogen-bond donors (Lipinski definition) is 0. The second-order valence-electron chi connectivity index (χ2n) is 4.84. The third kappa shape index (κ3) is 2.38. The van der Waals surface area contributed by atoms with Gasteiger partial charge in [-0.3, -0.25) is 14.7 Å². The number of carbonyl (C=O) groups excluding carboxylic acids is 1. The summed E-state index contributed by atoms with van der Waals surface area (Å²) in [4.78, 5) is 19.0. The number of ketones is 1. The second-order valence-corrected chi connectivity index (χ2v) is 5.99. The molecule has 3 nitrogen and oxygen atoms in total. The molecule has 1 fully saturated rings. The Kier molecular flexibility index (Phi) is 3.53. The van der Waals surface area contributed by atoms with Gasteiger partial charge in [0, 0.05) is 41.4 Å². The molecule has 1 aromatic carbocycles. The molecule has 0 N–H and O–H groups in total. The summed E-state index contributed by atoms with van der Waals surface area (Å²) in [5.41, 5.74) is 0.819.